The molecule has 0 spiro atoms. The van der Waals surface area contributed by atoms with Crippen molar-refractivity contribution < 1.29 is 9.53 Å². The number of rotatable bonds is 4. The van der Waals surface area contributed by atoms with Crippen LogP contribution < -0.4 is 10.5 Å². The number of hydrogen-bond donors (Lipinski definition) is 1. The third-order valence-corrected chi connectivity index (χ3v) is 2.88. The van der Waals surface area contributed by atoms with E-state index in [1.54, 1.807) is 30.3 Å². The summed E-state index contributed by atoms with van der Waals surface area (Å²) in [4.78, 5) is 11.3. The molecule has 0 radical (unpaired) electrons. The van der Waals surface area contributed by atoms with E-state index in [9.17, 15) is 4.79 Å². The van der Waals surface area contributed by atoms with Crippen LogP contribution in [0.25, 0.3) is 0 Å². The molecule has 20 heavy (non-hydrogen) atoms. The molecule has 0 bridgehead atoms. The molecule has 0 unspecified atom stereocenters. The van der Waals surface area contributed by atoms with E-state index in [-0.39, 0.29) is 5.78 Å². The second-order valence-electron chi connectivity index (χ2n) is 4.41. The number of anilines is 1. The monoisotopic (exact) mass is 266 g/mol. The van der Waals surface area contributed by atoms with Crippen molar-refractivity contribution in [2.45, 2.75) is 13.5 Å². The average Bonchev–Trinajstić information content (AvgIpc) is 2.46. The van der Waals surface area contributed by atoms with Crippen LogP contribution in [0.15, 0.2) is 42.5 Å². The fourth-order valence-electron chi connectivity index (χ4n) is 1.79. The van der Waals surface area contributed by atoms with Crippen molar-refractivity contribution in [3.63, 3.8) is 0 Å². The number of nitrogens with two attached hydrogens (primary N) is 1. The first-order valence-electron chi connectivity index (χ1n) is 6.12. The summed E-state index contributed by atoms with van der Waals surface area (Å²) in [6.07, 6.45) is 0. The Bertz CT molecular complexity index is 670. The Balaban J connectivity index is 2.12. The normalized spacial score (nSPS) is 9.80. The molecule has 0 aliphatic rings. The first-order valence-corrected chi connectivity index (χ1v) is 6.12. The zero-order valence-corrected chi connectivity index (χ0v) is 11.1. The molecule has 0 fully saturated rings. The van der Waals surface area contributed by atoms with E-state index in [0.717, 1.165) is 5.56 Å². The minimum atomic E-state index is -0.133. The number of nitriles is 1. The molecule has 4 heteroatoms. The summed E-state index contributed by atoms with van der Waals surface area (Å²) in [5.74, 6) is 0.426. The molecule has 0 aliphatic heterocycles. The van der Waals surface area contributed by atoms with Gasteiger partial charge in [-0.2, -0.15) is 5.26 Å². The smallest absolute Gasteiger partial charge is 0.161 e. The standard InChI is InChI=1S/C16H14N2O2/c1-11(19)16-7-6-15(8-13(16)9-17)20-10-12-2-4-14(18)5-3-12/h2-8H,10,18H2,1H3. The summed E-state index contributed by atoms with van der Waals surface area (Å²) < 4.78 is 5.61. The molecule has 4 nitrogen and oxygen atoms in total. The SMILES string of the molecule is CC(=O)c1ccc(OCc2ccc(N)cc2)cc1C#N. The van der Waals surface area contributed by atoms with E-state index in [1.807, 2.05) is 18.2 Å². The molecule has 0 aromatic heterocycles. The zero-order valence-electron chi connectivity index (χ0n) is 11.1. The highest BCUT2D eigenvalue weighted by Gasteiger charge is 2.08. The van der Waals surface area contributed by atoms with Crippen LogP contribution in [0.5, 0.6) is 5.75 Å². The predicted octanol–water partition coefficient (Wildman–Crippen LogP) is 2.92. The maximum absolute atomic E-state index is 11.3. The minimum absolute atomic E-state index is 0.133. The Labute approximate surface area is 117 Å². The van der Waals surface area contributed by atoms with Crippen LogP contribution in [0.2, 0.25) is 0 Å². The number of benzene rings is 2. The van der Waals surface area contributed by atoms with E-state index in [2.05, 4.69) is 0 Å². The van der Waals surface area contributed by atoms with Crippen LogP contribution in [0.1, 0.15) is 28.4 Å². The Morgan fingerprint density at radius 1 is 1.25 bits per heavy atom. The van der Waals surface area contributed by atoms with Gasteiger partial charge >= 0.3 is 0 Å². The Morgan fingerprint density at radius 3 is 2.55 bits per heavy atom. The predicted molar refractivity (Wildman–Crippen MR) is 76.3 cm³/mol. The number of nitrogens with zero attached hydrogens (tertiary/aromatic N) is 1. The largest absolute Gasteiger partial charge is 0.489 e. The second kappa shape index (κ2) is 5.89. The lowest BCUT2D eigenvalue weighted by atomic mass is 10.1. The highest BCUT2D eigenvalue weighted by Crippen LogP contribution is 2.19. The van der Waals surface area contributed by atoms with Crippen LogP contribution in [0.4, 0.5) is 5.69 Å². The van der Waals surface area contributed by atoms with Gasteiger partial charge in [-0.1, -0.05) is 12.1 Å². The molecule has 2 rings (SSSR count). The Hall–Kier alpha value is -2.80. The Morgan fingerprint density at radius 2 is 1.95 bits per heavy atom. The molecule has 2 aromatic carbocycles. The molecule has 0 saturated heterocycles. The Kier molecular flexibility index (Phi) is 4.02. The third kappa shape index (κ3) is 3.15. The van der Waals surface area contributed by atoms with Gasteiger partial charge in [0.15, 0.2) is 5.78 Å². The van der Waals surface area contributed by atoms with Crippen molar-refractivity contribution in [2.75, 3.05) is 5.73 Å². The third-order valence-electron chi connectivity index (χ3n) is 2.88. The van der Waals surface area contributed by atoms with Gasteiger partial charge in [0, 0.05) is 11.3 Å². The number of ketones is 1. The number of nitrogen functional groups attached to an aromatic ring is 1. The van der Waals surface area contributed by atoms with Crippen LogP contribution in [0.3, 0.4) is 0 Å². The number of hydrogen-bond acceptors (Lipinski definition) is 4. The van der Waals surface area contributed by atoms with Gasteiger partial charge < -0.3 is 10.5 Å². The van der Waals surface area contributed by atoms with Crippen LogP contribution in [-0.2, 0) is 6.61 Å². The van der Waals surface area contributed by atoms with Gasteiger partial charge in [0.2, 0.25) is 0 Å². The van der Waals surface area contributed by atoms with E-state index in [0.29, 0.717) is 29.2 Å². The first-order chi connectivity index (χ1) is 9.60. The number of Topliss-reactive ketones (excluding diaryl/α,β-unsaturated/α-hetero) is 1. The van der Waals surface area contributed by atoms with Crippen molar-refractivity contribution in [3.05, 3.63) is 59.2 Å². The minimum Gasteiger partial charge on any atom is -0.489 e. The quantitative estimate of drug-likeness (QED) is 0.682. The fourth-order valence-corrected chi connectivity index (χ4v) is 1.79. The molecule has 2 N–H and O–H groups in total. The average molecular weight is 266 g/mol. The van der Waals surface area contributed by atoms with E-state index < -0.39 is 0 Å². The molecule has 0 heterocycles. The van der Waals surface area contributed by atoms with Crippen LogP contribution >= 0.6 is 0 Å². The van der Waals surface area contributed by atoms with Gasteiger partial charge in [-0.05, 0) is 42.8 Å². The van der Waals surface area contributed by atoms with Crippen molar-refractivity contribution in [3.8, 4) is 11.8 Å². The van der Waals surface area contributed by atoms with Crippen molar-refractivity contribution in [1.29, 1.82) is 5.26 Å². The van der Waals surface area contributed by atoms with Gasteiger partial charge in [-0.3, -0.25) is 4.79 Å². The summed E-state index contributed by atoms with van der Waals surface area (Å²) in [6.45, 7) is 1.82. The molecule has 0 aliphatic carbocycles. The van der Waals surface area contributed by atoms with Gasteiger partial charge in [0.25, 0.3) is 0 Å². The highest BCUT2D eigenvalue weighted by molar-refractivity contribution is 5.96. The molecule has 2 aromatic rings. The molecular weight excluding hydrogens is 252 g/mol. The van der Waals surface area contributed by atoms with Gasteiger partial charge in [-0.25, -0.2) is 0 Å². The second-order valence-corrected chi connectivity index (χ2v) is 4.41. The number of carbonyl (C=O) groups is 1. The molecule has 100 valence electrons. The summed E-state index contributed by atoms with van der Waals surface area (Å²) in [5, 5.41) is 9.04. The summed E-state index contributed by atoms with van der Waals surface area (Å²) in [6, 6.07) is 14.2. The van der Waals surface area contributed by atoms with Gasteiger partial charge in [0.1, 0.15) is 18.4 Å². The lowest BCUT2D eigenvalue weighted by Crippen LogP contribution is -2.00. The molecule has 0 atom stereocenters. The van der Waals surface area contributed by atoms with E-state index >= 15 is 0 Å². The van der Waals surface area contributed by atoms with E-state index in [4.69, 9.17) is 15.7 Å². The fraction of sp³-hybridized carbons (Fsp3) is 0.125. The topological polar surface area (TPSA) is 76.1 Å². The maximum atomic E-state index is 11.3. The summed E-state index contributed by atoms with van der Waals surface area (Å²) in [7, 11) is 0. The highest BCUT2D eigenvalue weighted by atomic mass is 16.5. The van der Waals surface area contributed by atoms with Crippen LogP contribution in [-0.4, -0.2) is 5.78 Å². The zero-order chi connectivity index (χ0) is 14.5. The van der Waals surface area contributed by atoms with Crippen molar-refractivity contribution in [2.24, 2.45) is 0 Å². The van der Waals surface area contributed by atoms with Gasteiger partial charge in [0.05, 0.1) is 5.56 Å². The molecule has 0 amide bonds. The van der Waals surface area contributed by atoms with E-state index in [1.165, 1.54) is 6.92 Å². The lowest BCUT2D eigenvalue weighted by Gasteiger charge is -2.08. The summed E-state index contributed by atoms with van der Waals surface area (Å²) >= 11 is 0. The number of carbonyl (C=O) groups excluding carboxylic acids is 1. The molecule has 0 saturated carbocycles. The maximum Gasteiger partial charge on any atom is 0.161 e. The first kappa shape index (κ1) is 13.6. The van der Waals surface area contributed by atoms with Gasteiger partial charge in [-0.15, -0.1) is 0 Å². The number of ether oxygens (including phenoxy) is 1. The van der Waals surface area contributed by atoms with Crippen molar-refractivity contribution in [1.82, 2.24) is 0 Å². The lowest BCUT2D eigenvalue weighted by molar-refractivity contribution is 0.101. The summed E-state index contributed by atoms with van der Waals surface area (Å²) in [5.41, 5.74) is 8.02. The molecular formula is C16H14N2O2. The van der Waals surface area contributed by atoms with Crippen molar-refractivity contribution >= 4 is 11.5 Å². The van der Waals surface area contributed by atoms with Crippen LogP contribution in [0, 0.1) is 11.3 Å².